The number of rotatable bonds is 6. The topological polar surface area (TPSA) is 111 Å². The molecule has 3 amide bonds. The Labute approximate surface area is 117 Å². The van der Waals surface area contributed by atoms with Gasteiger partial charge in [-0.15, -0.1) is 0 Å². The summed E-state index contributed by atoms with van der Waals surface area (Å²) in [6.07, 6.45) is 0.356. The summed E-state index contributed by atoms with van der Waals surface area (Å²) in [7, 11) is 0. The number of nitrogens with one attached hydrogen (secondary N) is 3. The smallest absolute Gasteiger partial charge is 0.315 e. The molecule has 1 saturated heterocycles. The molecule has 20 heavy (non-hydrogen) atoms. The quantitative estimate of drug-likeness (QED) is 0.491. The standard InChI is InChI=1S/C12H22N4O4/c1-9(11(18)19)2-3-14-12(20)15-8-10(17)16-6-4-13-5-7-16/h9,13H,2-8H2,1H3,(H,18,19)(H2,14,15,20). The lowest BCUT2D eigenvalue weighted by Crippen LogP contribution is -2.50. The first-order valence-corrected chi connectivity index (χ1v) is 6.73. The summed E-state index contributed by atoms with van der Waals surface area (Å²) in [5, 5.41) is 16.8. The predicted molar refractivity (Wildman–Crippen MR) is 72.3 cm³/mol. The van der Waals surface area contributed by atoms with Crippen LogP contribution in [0.4, 0.5) is 4.79 Å². The van der Waals surface area contributed by atoms with E-state index in [2.05, 4.69) is 16.0 Å². The maximum absolute atomic E-state index is 11.8. The lowest BCUT2D eigenvalue weighted by molar-refractivity contribution is -0.141. The molecule has 0 aromatic carbocycles. The molecule has 1 aliphatic heterocycles. The SMILES string of the molecule is CC(CCNC(=O)NCC(=O)N1CCNCC1)C(=O)O. The Morgan fingerprint density at radius 2 is 1.90 bits per heavy atom. The van der Waals surface area contributed by atoms with E-state index in [0.29, 0.717) is 19.5 Å². The molecule has 1 atom stereocenters. The highest BCUT2D eigenvalue weighted by Crippen LogP contribution is 1.99. The van der Waals surface area contributed by atoms with Crippen LogP contribution in [0.5, 0.6) is 0 Å². The Hall–Kier alpha value is -1.83. The first kappa shape index (κ1) is 16.2. The number of carbonyl (C=O) groups excluding carboxylic acids is 2. The predicted octanol–water partition coefficient (Wildman–Crippen LogP) is -1.17. The van der Waals surface area contributed by atoms with Crippen molar-refractivity contribution in [3.05, 3.63) is 0 Å². The van der Waals surface area contributed by atoms with Crippen LogP contribution in [0.15, 0.2) is 0 Å². The van der Waals surface area contributed by atoms with Gasteiger partial charge in [-0.05, 0) is 6.42 Å². The largest absolute Gasteiger partial charge is 0.481 e. The zero-order valence-corrected chi connectivity index (χ0v) is 11.6. The lowest BCUT2D eigenvalue weighted by Gasteiger charge is -2.27. The molecule has 114 valence electrons. The molecule has 1 aliphatic rings. The van der Waals surface area contributed by atoms with Gasteiger partial charge in [-0.25, -0.2) is 4.79 Å². The van der Waals surface area contributed by atoms with Crippen molar-refractivity contribution in [1.82, 2.24) is 20.9 Å². The number of carbonyl (C=O) groups is 3. The van der Waals surface area contributed by atoms with E-state index < -0.39 is 17.9 Å². The van der Waals surface area contributed by atoms with E-state index in [-0.39, 0.29) is 19.0 Å². The van der Waals surface area contributed by atoms with Gasteiger partial charge in [-0.2, -0.15) is 0 Å². The Morgan fingerprint density at radius 3 is 2.50 bits per heavy atom. The zero-order chi connectivity index (χ0) is 15.0. The fraction of sp³-hybridized carbons (Fsp3) is 0.750. The molecule has 8 heteroatoms. The van der Waals surface area contributed by atoms with Gasteiger partial charge in [-0.1, -0.05) is 6.92 Å². The van der Waals surface area contributed by atoms with E-state index in [1.165, 1.54) is 0 Å². The number of piperazine rings is 1. The molecule has 0 aromatic heterocycles. The second-order valence-corrected chi connectivity index (χ2v) is 4.77. The number of amides is 3. The van der Waals surface area contributed by atoms with Crippen LogP contribution < -0.4 is 16.0 Å². The summed E-state index contributed by atoms with van der Waals surface area (Å²) in [4.78, 5) is 35.5. The summed E-state index contributed by atoms with van der Waals surface area (Å²) in [5.41, 5.74) is 0. The molecule has 0 spiro atoms. The van der Waals surface area contributed by atoms with E-state index in [9.17, 15) is 14.4 Å². The van der Waals surface area contributed by atoms with Crippen molar-refractivity contribution in [1.29, 1.82) is 0 Å². The third-order valence-electron chi connectivity index (χ3n) is 3.15. The Bertz CT molecular complexity index is 355. The van der Waals surface area contributed by atoms with E-state index in [1.54, 1.807) is 11.8 Å². The van der Waals surface area contributed by atoms with Gasteiger partial charge < -0.3 is 26.0 Å². The van der Waals surface area contributed by atoms with E-state index in [1.807, 2.05) is 0 Å². The van der Waals surface area contributed by atoms with Gasteiger partial charge in [0.15, 0.2) is 0 Å². The van der Waals surface area contributed by atoms with E-state index in [4.69, 9.17) is 5.11 Å². The lowest BCUT2D eigenvalue weighted by atomic mass is 10.1. The second-order valence-electron chi connectivity index (χ2n) is 4.77. The van der Waals surface area contributed by atoms with Crippen LogP contribution >= 0.6 is 0 Å². The average molecular weight is 286 g/mol. The van der Waals surface area contributed by atoms with Crippen LogP contribution in [0.3, 0.4) is 0 Å². The van der Waals surface area contributed by atoms with Crippen molar-refractivity contribution in [3.8, 4) is 0 Å². The fourth-order valence-corrected chi connectivity index (χ4v) is 1.77. The second kappa shape index (κ2) is 8.36. The first-order chi connectivity index (χ1) is 9.50. The van der Waals surface area contributed by atoms with Crippen LogP contribution in [0.2, 0.25) is 0 Å². The molecule has 8 nitrogen and oxygen atoms in total. The molecule has 1 heterocycles. The van der Waals surface area contributed by atoms with E-state index >= 15 is 0 Å². The highest BCUT2D eigenvalue weighted by Gasteiger charge is 2.16. The highest BCUT2D eigenvalue weighted by molar-refractivity contribution is 5.84. The van der Waals surface area contributed by atoms with Gasteiger partial charge in [0.2, 0.25) is 5.91 Å². The fourth-order valence-electron chi connectivity index (χ4n) is 1.77. The van der Waals surface area contributed by atoms with Crippen LogP contribution in [0.25, 0.3) is 0 Å². The Balaban J connectivity index is 2.13. The third kappa shape index (κ3) is 5.87. The zero-order valence-electron chi connectivity index (χ0n) is 11.6. The molecule has 0 aliphatic carbocycles. The molecule has 0 radical (unpaired) electrons. The minimum absolute atomic E-state index is 0.0414. The molecule has 1 fully saturated rings. The minimum Gasteiger partial charge on any atom is -0.481 e. The summed E-state index contributed by atoms with van der Waals surface area (Å²) >= 11 is 0. The average Bonchev–Trinajstić information content (AvgIpc) is 2.45. The number of urea groups is 1. The monoisotopic (exact) mass is 286 g/mol. The summed E-state index contributed by atoms with van der Waals surface area (Å²) in [6.45, 7) is 4.64. The number of aliphatic carboxylic acids is 1. The van der Waals surface area contributed by atoms with Crippen molar-refractivity contribution in [2.24, 2.45) is 5.92 Å². The van der Waals surface area contributed by atoms with Gasteiger partial charge in [0.1, 0.15) is 0 Å². The number of hydrogen-bond donors (Lipinski definition) is 4. The minimum atomic E-state index is -0.888. The summed E-state index contributed by atoms with van der Waals surface area (Å²) in [6, 6.07) is -0.453. The van der Waals surface area contributed by atoms with Gasteiger partial charge in [-0.3, -0.25) is 9.59 Å². The van der Waals surface area contributed by atoms with Gasteiger partial charge in [0.25, 0.3) is 0 Å². The van der Waals surface area contributed by atoms with Gasteiger partial charge >= 0.3 is 12.0 Å². The molecule has 0 saturated carbocycles. The van der Waals surface area contributed by atoms with Crippen molar-refractivity contribution < 1.29 is 19.5 Å². The van der Waals surface area contributed by atoms with Crippen molar-refractivity contribution in [2.75, 3.05) is 39.3 Å². The van der Waals surface area contributed by atoms with Crippen LogP contribution in [-0.2, 0) is 9.59 Å². The van der Waals surface area contributed by atoms with Gasteiger partial charge in [0.05, 0.1) is 12.5 Å². The van der Waals surface area contributed by atoms with Crippen molar-refractivity contribution in [2.45, 2.75) is 13.3 Å². The Morgan fingerprint density at radius 1 is 1.25 bits per heavy atom. The third-order valence-corrected chi connectivity index (χ3v) is 3.15. The molecule has 0 bridgehead atoms. The first-order valence-electron chi connectivity index (χ1n) is 6.73. The maximum atomic E-state index is 11.8. The van der Waals surface area contributed by atoms with Crippen molar-refractivity contribution >= 4 is 17.9 Å². The number of carboxylic acid groups (broad SMARTS) is 1. The summed E-state index contributed by atoms with van der Waals surface area (Å²) < 4.78 is 0. The maximum Gasteiger partial charge on any atom is 0.315 e. The van der Waals surface area contributed by atoms with Crippen LogP contribution in [0.1, 0.15) is 13.3 Å². The van der Waals surface area contributed by atoms with Crippen LogP contribution in [-0.4, -0.2) is 67.2 Å². The molecule has 1 unspecified atom stereocenters. The number of nitrogens with zero attached hydrogens (tertiary/aromatic N) is 1. The molecular weight excluding hydrogens is 264 g/mol. The normalized spacial score (nSPS) is 16.4. The van der Waals surface area contributed by atoms with E-state index in [0.717, 1.165) is 13.1 Å². The van der Waals surface area contributed by atoms with Crippen LogP contribution in [0, 0.1) is 5.92 Å². The summed E-state index contributed by atoms with van der Waals surface area (Å²) in [5.74, 6) is -1.50. The van der Waals surface area contributed by atoms with Crippen molar-refractivity contribution in [3.63, 3.8) is 0 Å². The molecule has 4 N–H and O–H groups in total. The Kier molecular flexibility index (Phi) is 6.78. The number of hydrogen-bond acceptors (Lipinski definition) is 4. The van der Waals surface area contributed by atoms with Gasteiger partial charge in [0, 0.05) is 32.7 Å². The highest BCUT2D eigenvalue weighted by atomic mass is 16.4. The molecule has 0 aromatic rings. The molecule has 1 rings (SSSR count). The number of carboxylic acids is 1. The molecular formula is C12H22N4O4.